The maximum Gasteiger partial charge on any atom is 0.303 e. The first-order valence-corrected chi connectivity index (χ1v) is 4.32. The van der Waals surface area contributed by atoms with Crippen LogP contribution in [0.5, 0.6) is 0 Å². The van der Waals surface area contributed by atoms with E-state index in [1.165, 1.54) is 0 Å². The van der Waals surface area contributed by atoms with Crippen LogP contribution in [0.2, 0.25) is 0 Å². The Hall–Kier alpha value is -0.650. The lowest BCUT2D eigenvalue weighted by molar-refractivity contribution is -0.137. The molecule has 0 spiro atoms. The van der Waals surface area contributed by atoms with Gasteiger partial charge in [0, 0.05) is 6.42 Å². The lowest BCUT2D eigenvalue weighted by atomic mass is 10.2. The fourth-order valence-electron chi connectivity index (χ4n) is 0.597. The first-order valence-electron chi connectivity index (χ1n) is 4.32. The summed E-state index contributed by atoms with van der Waals surface area (Å²) in [6.45, 7) is 0.416. The summed E-state index contributed by atoms with van der Waals surface area (Å²) in [6.07, 6.45) is 2.91. The number of hydrogen-bond donors (Lipinski definition) is 4. The topological polar surface area (TPSA) is 104 Å². The van der Waals surface area contributed by atoms with E-state index in [1.807, 2.05) is 0 Å². The molecular weight excluding hydrogens is 174 g/mol. The number of aliphatic hydroxyl groups is 2. The van der Waals surface area contributed by atoms with Gasteiger partial charge in [0.25, 0.3) is 0 Å². The van der Waals surface area contributed by atoms with Crippen molar-refractivity contribution in [3.63, 3.8) is 0 Å². The van der Waals surface area contributed by atoms with E-state index in [1.54, 1.807) is 0 Å². The molecule has 0 heterocycles. The smallest absolute Gasteiger partial charge is 0.303 e. The van der Waals surface area contributed by atoms with Crippen LogP contribution in [-0.4, -0.2) is 41.0 Å². The average molecular weight is 193 g/mol. The number of nitrogens with two attached hydrogens (primary N) is 1. The van der Waals surface area contributed by atoms with Gasteiger partial charge in [-0.2, -0.15) is 0 Å². The van der Waals surface area contributed by atoms with Crippen LogP contribution in [0.4, 0.5) is 0 Å². The SMILES string of the molecule is NCCCCCC(=O)O.OCCO. The van der Waals surface area contributed by atoms with E-state index >= 15 is 0 Å². The number of rotatable bonds is 6. The third-order valence-corrected chi connectivity index (χ3v) is 1.19. The first-order chi connectivity index (χ1) is 6.18. The van der Waals surface area contributed by atoms with Gasteiger partial charge >= 0.3 is 5.97 Å². The van der Waals surface area contributed by atoms with E-state index in [0.29, 0.717) is 6.54 Å². The van der Waals surface area contributed by atoms with Crippen molar-refractivity contribution in [2.24, 2.45) is 5.73 Å². The van der Waals surface area contributed by atoms with Crippen LogP contribution in [0.25, 0.3) is 0 Å². The maximum absolute atomic E-state index is 9.93. The van der Waals surface area contributed by atoms with Gasteiger partial charge in [-0.05, 0) is 19.4 Å². The fraction of sp³-hybridized carbons (Fsp3) is 0.875. The highest BCUT2D eigenvalue weighted by Gasteiger charge is 1.94. The Morgan fingerprint density at radius 3 is 1.92 bits per heavy atom. The number of carboxylic acid groups (broad SMARTS) is 1. The van der Waals surface area contributed by atoms with Crippen molar-refractivity contribution in [3.8, 4) is 0 Å². The molecule has 0 amide bonds. The Morgan fingerprint density at radius 2 is 1.62 bits per heavy atom. The van der Waals surface area contributed by atoms with Gasteiger partial charge < -0.3 is 21.1 Å². The van der Waals surface area contributed by atoms with E-state index in [-0.39, 0.29) is 19.6 Å². The zero-order valence-electron chi connectivity index (χ0n) is 7.78. The Kier molecular flexibility index (Phi) is 15.9. The van der Waals surface area contributed by atoms with Gasteiger partial charge in [-0.1, -0.05) is 6.42 Å². The highest BCUT2D eigenvalue weighted by molar-refractivity contribution is 5.66. The minimum Gasteiger partial charge on any atom is -0.481 e. The molecule has 0 rings (SSSR count). The molecule has 5 nitrogen and oxygen atoms in total. The van der Waals surface area contributed by atoms with E-state index in [9.17, 15) is 4.79 Å². The van der Waals surface area contributed by atoms with Gasteiger partial charge in [0.15, 0.2) is 0 Å². The number of hydrogen-bond acceptors (Lipinski definition) is 4. The molecule has 5 N–H and O–H groups in total. The van der Waals surface area contributed by atoms with E-state index in [4.69, 9.17) is 21.1 Å². The molecule has 0 radical (unpaired) electrons. The lowest BCUT2D eigenvalue weighted by Crippen LogP contribution is -1.99. The fourth-order valence-corrected chi connectivity index (χ4v) is 0.597. The Bertz CT molecular complexity index is 106. The third kappa shape index (κ3) is 24.6. The van der Waals surface area contributed by atoms with Crippen LogP contribution in [-0.2, 0) is 4.79 Å². The van der Waals surface area contributed by atoms with Gasteiger partial charge in [0.05, 0.1) is 13.2 Å². The van der Waals surface area contributed by atoms with Gasteiger partial charge in [0.2, 0.25) is 0 Å². The number of aliphatic hydroxyl groups excluding tert-OH is 2. The lowest BCUT2D eigenvalue weighted by Gasteiger charge is -1.93. The monoisotopic (exact) mass is 193 g/mol. The molecule has 0 unspecified atom stereocenters. The normalized spacial score (nSPS) is 8.85. The Balaban J connectivity index is 0. The summed E-state index contributed by atoms with van der Waals surface area (Å²) in [5.41, 5.74) is 5.20. The first kappa shape index (κ1) is 14.9. The van der Waals surface area contributed by atoms with Crippen molar-refractivity contribution in [2.45, 2.75) is 25.7 Å². The molecule has 0 atom stereocenters. The minimum atomic E-state index is -0.716. The van der Waals surface area contributed by atoms with E-state index < -0.39 is 5.97 Å². The summed E-state index contributed by atoms with van der Waals surface area (Å²) in [7, 11) is 0. The third-order valence-electron chi connectivity index (χ3n) is 1.19. The molecule has 0 aromatic rings. The van der Waals surface area contributed by atoms with Crippen molar-refractivity contribution >= 4 is 5.97 Å². The largest absolute Gasteiger partial charge is 0.481 e. The second-order valence-corrected chi connectivity index (χ2v) is 2.44. The van der Waals surface area contributed by atoms with Crippen molar-refractivity contribution < 1.29 is 20.1 Å². The van der Waals surface area contributed by atoms with Gasteiger partial charge in [-0.25, -0.2) is 0 Å². The maximum atomic E-state index is 9.93. The highest BCUT2D eigenvalue weighted by Crippen LogP contribution is 1.97. The zero-order chi connectivity index (χ0) is 10.5. The van der Waals surface area contributed by atoms with Crippen LogP contribution in [0.15, 0.2) is 0 Å². The summed E-state index contributed by atoms with van der Waals surface area (Å²) >= 11 is 0. The second kappa shape index (κ2) is 13.9. The minimum absolute atomic E-state index is 0.125. The number of aliphatic carboxylic acids is 1. The second-order valence-electron chi connectivity index (χ2n) is 2.44. The number of unbranched alkanes of at least 4 members (excludes halogenated alkanes) is 2. The summed E-state index contributed by atoms with van der Waals surface area (Å²) in [6, 6.07) is 0. The van der Waals surface area contributed by atoms with Crippen LogP contribution in [0, 0.1) is 0 Å². The molecule has 0 aromatic carbocycles. The molecule has 0 bridgehead atoms. The Morgan fingerprint density at radius 1 is 1.08 bits per heavy atom. The molecular formula is C8H19NO4. The molecule has 0 saturated heterocycles. The predicted molar refractivity (Wildman–Crippen MR) is 49.3 cm³/mol. The Labute approximate surface area is 78.2 Å². The van der Waals surface area contributed by atoms with Crippen LogP contribution >= 0.6 is 0 Å². The highest BCUT2D eigenvalue weighted by atomic mass is 16.4. The average Bonchev–Trinajstić information content (AvgIpc) is 2.13. The molecule has 5 heteroatoms. The molecule has 0 fully saturated rings. The molecule has 0 aliphatic rings. The summed E-state index contributed by atoms with van der Waals surface area (Å²) in [4.78, 5) is 9.93. The molecule has 0 aliphatic heterocycles. The van der Waals surface area contributed by atoms with Crippen molar-refractivity contribution in [3.05, 3.63) is 0 Å². The van der Waals surface area contributed by atoms with Gasteiger partial charge in [-0.15, -0.1) is 0 Å². The van der Waals surface area contributed by atoms with E-state index in [2.05, 4.69) is 0 Å². The molecule has 0 aliphatic carbocycles. The standard InChI is InChI=1S/C6H13NO2.C2H6O2/c7-5-3-1-2-4-6(8)9;3-1-2-4/h1-5,7H2,(H,8,9);3-4H,1-2H2. The van der Waals surface area contributed by atoms with Crippen LogP contribution < -0.4 is 5.73 Å². The van der Waals surface area contributed by atoms with Crippen molar-refractivity contribution in [1.82, 2.24) is 0 Å². The summed E-state index contributed by atoms with van der Waals surface area (Å²) < 4.78 is 0. The summed E-state index contributed by atoms with van der Waals surface area (Å²) in [5.74, 6) is -0.716. The van der Waals surface area contributed by atoms with E-state index in [0.717, 1.165) is 19.3 Å². The van der Waals surface area contributed by atoms with Crippen LogP contribution in [0.1, 0.15) is 25.7 Å². The van der Waals surface area contributed by atoms with Gasteiger partial charge in [0.1, 0.15) is 0 Å². The van der Waals surface area contributed by atoms with Crippen molar-refractivity contribution in [2.75, 3.05) is 19.8 Å². The predicted octanol–water partition coefficient (Wildman–Crippen LogP) is -0.439. The molecule has 0 saturated carbocycles. The number of carbonyl (C=O) groups is 1. The molecule has 0 aromatic heterocycles. The zero-order valence-corrected chi connectivity index (χ0v) is 7.78. The molecule has 13 heavy (non-hydrogen) atoms. The number of carboxylic acids is 1. The van der Waals surface area contributed by atoms with Crippen LogP contribution in [0.3, 0.4) is 0 Å². The summed E-state index contributed by atoms with van der Waals surface area (Å²) in [5, 5.41) is 23.4. The molecule has 80 valence electrons. The van der Waals surface area contributed by atoms with Gasteiger partial charge in [-0.3, -0.25) is 4.79 Å². The van der Waals surface area contributed by atoms with Crippen molar-refractivity contribution in [1.29, 1.82) is 0 Å². The quantitative estimate of drug-likeness (QED) is 0.428.